The number of fused-ring (bicyclic) bond motifs is 1. The monoisotopic (exact) mass is 421 g/mol. The molecule has 0 unspecified atom stereocenters. The molecule has 5 rings (SSSR count). The number of pyridine rings is 1. The zero-order chi connectivity index (χ0) is 20.5. The summed E-state index contributed by atoms with van der Waals surface area (Å²) in [6.07, 6.45) is 2.62. The highest BCUT2D eigenvalue weighted by Crippen LogP contribution is 2.40. The molecule has 1 aromatic carbocycles. The largest absolute Gasteiger partial charge is 0.378 e. The average Bonchev–Trinajstić information content (AvgIpc) is 3.44. The smallest absolute Gasteiger partial charge is 0.264 e. The van der Waals surface area contributed by atoms with Gasteiger partial charge in [0.2, 0.25) is 0 Å². The van der Waals surface area contributed by atoms with Crippen molar-refractivity contribution in [2.75, 3.05) is 39.4 Å². The Balaban J connectivity index is 1.46. The Labute approximate surface area is 179 Å². The molecule has 3 aromatic rings. The fourth-order valence-corrected chi connectivity index (χ4v) is 5.57. The molecule has 2 amide bonds. The predicted octanol–water partition coefficient (Wildman–Crippen LogP) is 3.40. The maximum atomic E-state index is 13.4. The van der Waals surface area contributed by atoms with E-state index in [1.807, 2.05) is 52.3 Å². The first-order valence-corrected chi connectivity index (χ1v) is 11.1. The van der Waals surface area contributed by atoms with Crippen LogP contribution in [-0.2, 0) is 4.74 Å². The number of hydrogen-bond donors (Lipinski definition) is 0. The van der Waals surface area contributed by atoms with E-state index in [0.29, 0.717) is 45.0 Å². The molecule has 2 aromatic heterocycles. The maximum Gasteiger partial charge on any atom is 0.264 e. The summed E-state index contributed by atoms with van der Waals surface area (Å²) in [6, 6.07) is 13.4. The molecule has 154 valence electrons. The molecule has 0 radical (unpaired) electrons. The minimum absolute atomic E-state index is 0.0526. The molecule has 0 bridgehead atoms. The predicted molar refractivity (Wildman–Crippen MR) is 116 cm³/mol. The maximum absolute atomic E-state index is 13.4. The second kappa shape index (κ2) is 8.16. The molecule has 2 saturated heterocycles. The van der Waals surface area contributed by atoms with Crippen molar-refractivity contribution in [2.45, 2.75) is 12.3 Å². The van der Waals surface area contributed by atoms with Gasteiger partial charge in [-0.2, -0.15) is 0 Å². The molecule has 30 heavy (non-hydrogen) atoms. The summed E-state index contributed by atoms with van der Waals surface area (Å²) >= 11 is 1.47. The number of benzene rings is 1. The van der Waals surface area contributed by atoms with E-state index in [0.717, 1.165) is 27.1 Å². The summed E-state index contributed by atoms with van der Waals surface area (Å²) < 4.78 is 5.41. The highest BCUT2D eigenvalue weighted by atomic mass is 32.1. The molecule has 4 heterocycles. The third kappa shape index (κ3) is 3.48. The lowest BCUT2D eigenvalue weighted by atomic mass is 9.95. The fraction of sp³-hybridized carbons (Fsp3) is 0.348. The lowest BCUT2D eigenvalue weighted by Gasteiger charge is -2.27. The van der Waals surface area contributed by atoms with E-state index in [9.17, 15) is 9.59 Å². The summed E-state index contributed by atoms with van der Waals surface area (Å²) in [5, 5.41) is 1.04. The highest BCUT2D eigenvalue weighted by Gasteiger charge is 2.34. The highest BCUT2D eigenvalue weighted by molar-refractivity contribution is 7.20. The molecule has 1 atom stereocenters. The van der Waals surface area contributed by atoms with Crippen molar-refractivity contribution in [1.82, 2.24) is 14.8 Å². The number of amides is 2. The lowest BCUT2D eigenvalue weighted by molar-refractivity contribution is 0.0305. The number of carbonyl (C=O) groups is 2. The van der Waals surface area contributed by atoms with Gasteiger partial charge in [-0.25, -0.2) is 4.98 Å². The van der Waals surface area contributed by atoms with Crippen LogP contribution in [0.2, 0.25) is 0 Å². The zero-order valence-electron chi connectivity index (χ0n) is 16.6. The van der Waals surface area contributed by atoms with Crippen molar-refractivity contribution in [3.8, 4) is 0 Å². The van der Waals surface area contributed by atoms with Crippen LogP contribution in [0.25, 0.3) is 10.2 Å². The number of morpholine rings is 1. The minimum Gasteiger partial charge on any atom is -0.378 e. The summed E-state index contributed by atoms with van der Waals surface area (Å²) in [6.45, 7) is 3.70. The molecular weight excluding hydrogens is 398 g/mol. The van der Waals surface area contributed by atoms with Gasteiger partial charge >= 0.3 is 0 Å². The lowest BCUT2D eigenvalue weighted by Crippen LogP contribution is -2.40. The van der Waals surface area contributed by atoms with E-state index in [-0.39, 0.29) is 17.7 Å². The summed E-state index contributed by atoms with van der Waals surface area (Å²) in [5.41, 5.74) is 1.77. The van der Waals surface area contributed by atoms with E-state index in [2.05, 4.69) is 4.98 Å². The first-order valence-electron chi connectivity index (χ1n) is 10.3. The Bertz CT molecular complexity index is 1080. The van der Waals surface area contributed by atoms with E-state index in [4.69, 9.17) is 4.74 Å². The van der Waals surface area contributed by atoms with Crippen molar-refractivity contribution in [2.24, 2.45) is 0 Å². The molecule has 2 aliphatic heterocycles. The quantitative estimate of drug-likeness (QED) is 0.650. The number of likely N-dealkylation sites (tertiary alicyclic amines) is 1. The summed E-state index contributed by atoms with van der Waals surface area (Å²) in [4.78, 5) is 36.2. The van der Waals surface area contributed by atoms with Gasteiger partial charge in [0.05, 0.1) is 18.1 Å². The minimum atomic E-state index is 0.0526. The number of nitrogens with zero attached hydrogens (tertiary/aromatic N) is 3. The fourth-order valence-electron chi connectivity index (χ4n) is 4.37. The van der Waals surface area contributed by atoms with Crippen LogP contribution >= 0.6 is 11.3 Å². The Morgan fingerprint density at radius 1 is 0.967 bits per heavy atom. The molecule has 7 heteroatoms. The number of ether oxygens (including phenoxy) is 1. The normalized spacial score (nSPS) is 19.4. The third-order valence-electron chi connectivity index (χ3n) is 5.90. The van der Waals surface area contributed by atoms with Gasteiger partial charge in [0.1, 0.15) is 4.83 Å². The van der Waals surface area contributed by atoms with Gasteiger partial charge in [-0.1, -0.05) is 24.3 Å². The Morgan fingerprint density at radius 2 is 1.77 bits per heavy atom. The summed E-state index contributed by atoms with van der Waals surface area (Å²) in [5.74, 6) is 0.247. The van der Waals surface area contributed by atoms with Crippen molar-refractivity contribution >= 4 is 33.4 Å². The van der Waals surface area contributed by atoms with Gasteiger partial charge in [0.15, 0.2) is 0 Å². The standard InChI is InChI=1S/C23H23N3O3S/c27-22(16-5-2-1-3-6-16)26-10-8-17(15-26)19-18-7-4-9-24-21(18)30-20(19)23(28)25-11-13-29-14-12-25/h1-7,9,17H,8,10-15H2/t17-/m0/s1. The Kier molecular flexibility index (Phi) is 5.23. The molecular formula is C23H23N3O3S. The van der Waals surface area contributed by atoms with E-state index >= 15 is 0 Å². The average molecular weight is 422 g/mol. The zero-order valence-corrected chi connectivity index (χ0v) is 17.4. The first kappa shape index (κ1) is 19.2. The molecule has 0 aliphatic carbocycles. The Hall–Kier alpha value is -2.77. The first-order chi connectivity index (χ1) is 14.7. The van der Waals surface area contributed by atoms with Crippen LogP contribution in [0.15, 0.2) is 48.7 Å². The molecule has 0 saturated carbocycles. The van der Waals surface area contributed by atoms with Crippen molar-refractivity contribution in [3.05, 3.63) is 64.7 Å². The summed E-state index contributed by atoms with van der Waals surface area (Å²) in [7, 11) is 0. The van der Waals surface area contributed by atoms with Crippen molar-refractivity contribution in [1.29, 1.82) is 0 Å². The van der Waals surface area contributed by atoms with Crippen LogP contribution in [-0.4, -0.2) is 66.0 Å². The van der Waals surface area contributed by atoms with E-state index in [1.54, 1.807) is 6.20 Å². The SMILES string of the molecule is O=C(c1ccccc1)N1CC[C@H](c2c(C(=O)N3CCOCC3)sc3ncccc23)C1. The topological polar surface area (TPSA) is 62.7 Å². The molecule has 6 nitrogen and oxygen atoms in total. The van der Waals surface area contributed by atoms with E-state index in [1.165, 1.54) is 11.3 Å². The number of carbonyl (C=O) groups excluding carboxylic acids is 2. The van der Waals surface area contributed by atoms with Crippen LogP contribution in [0.4, 0.5) is 0 Å². The number of hydrogen-bond acceptors (Lipinski definition) is 5. The van der Waals surface area contributed by atoms with Gasteiger partial charge < -0.3 is 14.5 Å². The molecule has 2 fully saturated rings. The van der Waals surface area contributed by atoms with Crippen LogP contribution in [0.5, 0.6) is 0 Å². The second-order valence-electron chi connectivity index (χ2n) is 7.71. The number of thiophene rings is 1. The van der Waals surface area contributed by atoms with Gasteiger partial charge in [-0.05, 0) is 30.2 Å². The van der Waals surface area contributed by atoms with Crippen LogP contribution < -0.4 is 0 Å². The number of rotatable bonds is 3. The van der Waals surface area contributed by atoms with Gasteiger partial charge in [0, 0.05) is 49.2 Å². The van der Waals surface area contributed by atoms with Crippen LogP contribution in [0.1, 0.15) is 37.9 Å². The van der Waals surface area contributed by atoms with Crippen LogP contribution in [0.3, 0.4) is 0 Å². The second-order valence-corrected chi connectivity index (χ2v) is 8.71. The Morgan fingerprint density at radius 3 is 2.57 bits per heavy atom. The molecule has 2 aliphatic rings. The molecule has 0 spiro atoms. The van der Waals surface area contributed by atoms with Crippen molar-refractivity contribution < 1.29 is 14.3 Å². The van der Waals surface area contributed by atoms with Gasteiger partial charge in [-0.3, -0.25) is 9.59 Å². The van der Waals surface area contributed by atoms with Gasteiger partial charge in [0.25, 0.3) is 11.8 Å². The van der Waals surface area contributed by atoms with Crippen LogP contribution in [0, 0.1) is 0 Å². The third-order valence-corrected chi connectivity index (χ3v) is 7.02. The van der Waals surface area contributed by atoms with E-state index < -0.39 is 0 Å². The molecule has 0 N–H and O–H groups in total. The van der Waals surface area contributed by atoms with Crippen molar-refractivity contribution in [3.63, 3.8) is 0 Å². The van der Waals surface area contributed by atoms with Gasteiger partial charge in [-0.15, -0.1) is 11.3 Å². The number of aromatic nitrogens is 1.